The standard InChI is InChI=1S/C17H22N4O4S/c1-19-15(11-4-6-13(24-2)7-5-11)18-21(17(19)26)10-20-9-12(22)8-14(20)16(23)25-3/h4-7,12,14,22H,8-10H2,1-3H3/t12-,14-/m0/s1. The van der Waals surface area contributed by atoms with Crippen molar-refractivity contribution >= 4 is 18.2 Å². The van der Waals surface area contributed by atoms with E-state index < -0.39 is 12.1 Å². The van der Waals surface area contributed by atoms with Gasteiger partial charge < -0.3 is 19.1 Å². The summed E-state index contributed by atoms with van der Waals surface area (Å²) in [6.45, 7) is 0.676. The van der Waals surface area contributed by atoms with E-state index in [0.717, 1.165) is 11.3 Å². The molecule has 1 aliphatic rings. The van der Waals surface area contributed by atoms with Crippen LogP contribution in [0.3, 0.4) is 0 Å². The summed E-state index contributed by atoms with van der Waals surface area (Å²) in [7, 11) is 4.81. The first-order chi connectivity index (χ1) is 12.4. The van der Waals surface area contributed by atoms with Gasteiger partial charge in [-0.2, -0.15) is 5.10 Å². The monoisotopic (exact) mass is 378 g/mol. The molecule has 0 bridgehead atoms. The molecule has 2 aromatic rings. The zero-order valence-corrected chi connectivity index (χ0v) is 15.8. The van der Waals surface area contributed by atoms with E-state index in [1.165, 1.54) is 7.11 Å². The van der Waals surface area contributed by atoms with E-state index in [1.807, 2.05) is 40.8 Å². The van der Waals surface area contributed by atoms with E-state index in [1.54, 1.807) is 11.8 Å². The van der Waals surface area contributed by atoms with E-state index in [2.05, 4.69) is 5.10 Å². The summed E-state index contributed by atoms with van der Waals surface area (Å²) in [5.41, 5.74) is 0.907. The van der Waals surface area contributed by atoms with Gasteiger partial charge in [0.1, 0.15) is 11.8 Å². The average molecular weight is 378 g/mol. The second-order valence-electron chi connectivity index (χ2n) is 6.23. The molecular weight excluding hydrogens is 356 g/mol. The van der Waals surface area contributed by atoms with Crippen LogP contribution in [-0.2, 0) is 23.2 Å². The number of carbonyl (C=O) groups excluding carboxylic acids is 1. The number of methoxy groups -OCH3 is 2. The van der Waals surface area contributed by atoms with Crippen LogP contribution in [0.1, 0.15) is 6.42 Å². The lowest BCUT2D eigenvalue weighted by atomic mass is 10.2. The Labute approximate surface area is 156 Å². The summed E-state index contributed by atoms with van der Waals surface area (Å²) in [5, 5.41) is 14.5. The molecule has 2 heterocycles. The number of hydrogen-bond acceptors (Lipinski definition) is 7. The van der Waals surface area contributed by atoms with Crippen LogP contribution >= 0.6 is 12.2 Å². The predicted molar refractivity (Wildman–Crippen MR) is 97.2 cm³/mol. The number of aromatic nitrogens is 3. The summed E-state index contributed by atoms with van der Waals surface area (Å²) < 4.78 is 14.0. The fraction of sp³-hybridized carbons (Fsp3) is 0.471. The number of aliphatic hydroxyl groups excluding tert-OH is 1. The molecule has 1 saturated heterocycles. The van der Waals surface area contributed by atoms with Crippen LogP contribution in [-0.4, -0.2) is 63.2 Å². The van der Waals surface area contributed by atoms with E-state index in [9.17, 15) is 9.90 Å². The van der Waals surface area contributed by atoms with Crippen LogP contribution in [0.15, 0.2) is 24.3 Å². The molecule has 1 aromatic heterocycles. The molecule has 1 N–H and O–H groups in total. The molecule has 0 amide bonds. The molecule has 2 atom stereocenters. The summed E-state index contributed by atoms with van der Waals surface area (Å²) in [6.07, 6.45) is -0.226. The zero-order valence-electron chi connectivity index (χ0n) is 15.0. The minimum Gasteiger partial charge on any atom is -0.497 e. The van der Waals surface area contributed by atoms with Gasteiger partial charge in [-0.1, -0.05) is 0 Å². The minimum atomic E-state index is -0.571. The van der Waals surface area contributed by atoms with Crippen molar-refractivity contribution in [2.24, 2.45) is 7.05 Å². The number of β-amino-alcohol motifs (C(OH)–C–C–N with tert-alkyl or cyclic N) is 1. The summed E-state index contributed by atoms with van der Waals surface area (Å²) in [6, 6.07) is 7.06. The van der Waals surface area contributed by atoms with Gasteiger partial charge in [-0.25, -0.2) is 4.68 Å². The molecule has 1 aromatic carbocycles. The Hall–Kier alpha value is -2.23. The molecule has 140 valence electrons. The van der Waals surface area contributed by atoms with Gasteiger partial charge in [-0.15, -0.1) is 0 Å². The number of hydrogen-bond donors (Lipinski definition) is 1. The third-order valence-corrected chi connectivity index (χ3v) is 5.04. The van der Waals surface area contributed by atoms with Crippen molar-refractivity contribution < 1.29 is 19.4 Å². The Balaban J connectivity index is 1.87. The van der Waals surface area contributed by atoms with Gasteiger partial charge in [0.2, 0.25) is 0 Å². The maximum Gasteiger partial charge on any atom is 0.323 e. The summed E-state index contributed by atoms with van der Waals surface area (Å²) in [4.78, 5) is 13.8. The van der Waals surface area contributed by atoms with Crippen molar-refractivity contribution in [3.63, 3.8) is 0 Å². The number of ether oxygens (including phenoxy) is 2. The number of likely N-dealkylation sites (tertiary alicyclic amines) is 1. The average Bonchev–Trinajstić information content (AvgIpc) is 3.16. The van der Waals surface area contributed by atoms with Crippen LogP contribution in [0.5, 0.6) is 5.75 Å². The van der Waals surface area contributed by atoms with Gasteiger partial charge in [0.15, 0.2) is 10.6 Å². The van der Waals surface area contributed by atoms with Crippen molar-refractivity contribution in [1.29, 1.82) is 0 Å². The second kappa shape index (κ2) is 7.56. The predicted octanol–water partition coefficient (Wildman–Crippen LogP) is 1.19. The summed E-state index contributed by atoms with van der Waals surface area (Å²) in [5.74, 6) is 1.12. The number of nitrogens with zero attached hydrogens (tertiary/aromatic N) is 4. The van der Waals surface area contributed by atoms with Crippen LogP contribution in [0.25, 0.3) is 11.4 Å². The van der Waals surface area contributed by atoms with E-state index >= 15 is 0 Å². The minimum absolute atomic E-state index is 0.305. The van der Waals surface area contributed by atoms with Gasteiger partial charge in [-0.3, -0.25) is 9.69 Å². The Morgan fingerprint density at radius 1 is 1.35 bits per heavy atom. The fourth-order valence-electron chi connectivity index (χ4n) is 3.16. The highest BCUT2D eigenvalue weighted by Gasteiger charge is 2.37. The second-order valence-corrected chi connectivity index (χ2v) is 6.60. The van der Waals surface area contributed by atoms with Crippen LogP contribution in [0.2, 0.25) is 0 Å². The van der Waals surface area contributed by atoms with Gasteiger partial charge in [-0.05, 0) is 36.5 Å². The molecule has 3 rings (SSSR count). The van der Waals surface area contributed by atoms with E-state index in [-0.39, 0.29) is 5.97 Å². The molecule has 0 aliphatic carbocycles. The van der Waals surface area contributed by atoms with E-state index in [0.29, 0.717) is 30.2 Å². The fourth-order valence-corrected chi connectivity index (χ4v) is 3.35. The van der Waals surface area contributed by atoms with Crippen LogP contribution in [0.4, 0.5) is 0 Å². The largest absolute Gasteiger partial charge is 0.497 e. The van der Waals surface area contributed by atoms with Gasteiger partial charge in [0.05, 0.1) is 27.0 Å². The van der Waals surface area contributed by atoms with Crippen molar-refractivity contribution in [3.05, 3.63) is 29.0 Å². The quantitative estimate of drug-likeness (QED) is 0.618. The first kappa shape index (κ1) is 18.6. The lowest BCUT2D eigenvalue weighted by Gasteiger charge is -2.21. The highest BCUT2D eigenvalue weighted by atomic mass is 32.1. The molecule has 8 nitrogen and oxygen atoms in total. The smallest absolute Gasteiger partial charge is 0.323 e. The molecule has 0 radical (unpaired) electrons. The molecule has 26 heavy (non-hydrogen) atoms. The van der Waals surface area contributed by atoms with Crippen molar-refractivity contribution in [2.45, 2.75) is 25.2 Å². The zero-order chi connectivity index (χ0) is 18.8. The number of aliphatic hydroxyl groups is 1. The first-order valence-electron chi connectivity index (χ1n) is 8.22. The van der Waals surface area contributed by atoms with Crippen molar-refractivity contribution in [2.75, 3.05) is 20.8 Å². The van der Waals surface area contributed by atoms with E-state index in [4.69, 9.17) is 21.7 Å². The lowest BCUT2D eigenvalue weighted by Crippen LogP contribution is -2.38. The Kier molecular flexibility index (Phi) is 5.40. The molecule has 0 saturated carbocycles. The Bertz CT molecular complexity index is 845. The Morgan fingerprint density at radius 2 is 2.04 bits per heavy atom. The SMILES string of the molecule is COC(=O)[C@@H]1C[C@H](O)CN1Cn1nc(-c2ccc(OC)cc2)n(C)c1=S. The van der Waals surface area contributed by atoms with Gasteiger partial charge >= 0.3 is 5.97 Å². The van der Waals surface area contributed by atoms with Crippen molar-refractivity contribution in [1.82, 2.24) is 19.2 Å². The van der Waals surface area contributed by atoms with Crippen LogP contribution in [0, 0.1) is 4.77 Å². The highest BCUT2D eigenvalue weighted by Crippen LogP contribution is 2.23. The topological polar surface area (TPSA) is 81.8 Å². The molecule has 0 unspecified atom stereocenters. The normalized spacial score (nSPS) is 20.3. The Morgan fingerprint density at radius 3 is 2.65 bits per heavy atom. The van der Waals surface area contributed by atoms with Crippen LogP contribution < -0.4 is 4.74 Å². The molecular formula is C17H22N4O4S. The first-order valence-corrected chi connectivity index (χ1v) is 8.63. The summed E-state index contributed by atoms with van der Waals surface area (Å²) >= 11 is 5.49. The molecule has 1 fully saturated rings. The highest BCUT2D eigenvalue weighted by molar-refractivity contribution is 7.71. The molecule has 1 aliphatic heterocycles. The molecule has 9 heteroatoms. The number of benzene rings is 1. The maximum atomic E-state index is 12.0. The maximum absolute atomic E-state index is 12.0. The van der Waals surface area contributed by atoms with Gasteiger partial charge in [0.25, 0.3) is 0 Å². The molecule has 0 spiro atoms. The lowest BCUT2D eigenvalue weighted by molar-refractivity contribution is -0.146. The number of carbonyl (C=O) groups is 1. The van der Waals surface area contributed by atoms with Crippen molar-refractivity contribution in [3.8, 4) is 17.1 Å². The van der Waals surface area contributed by atoms with Gasteiger partial charge in [0, 0.05) is 25.6 Å². The number of rotatable bonds is 5. The number of esters is 1. The third kappa shape index (κ3) is 3.50. The third-order valence-electron chi connectivity index (χ3n) is 4.56.